The van der Waals surface area contributed by atoms with E-state index in [1.807, 2.05) is 30.3 Å². The number of amides is 1. The number of Topliss-reactive ketones (excluding diaryl/α,β-unsaturated/α-hetero) is 1. The van der Waals surface area contributed by atoms with Gasteiger partial charge >= 0.3 is 0 Å². The number of ketones is 1. The number of aliphatic hydroxyl groups excluding tert-OH is 1. The predicted octanol–water partition coefficient (Wildman–Crippen LogP) is 3.12. The minimum Gasteiger partial charge on any atom is -0.505 e. The number of sulfonamides is 1. The number of allylic oxidation sites excluding steroid dienone is 1. The number of hydrogen-bond acceptors (Lipinski definition) is 5. The van der Waals surface area contributed by atoms with E-state index in [0.29, 0.717) is 4.31 Å². The summed E-state index contributed by atoms with van der Waals surface area (Å²) in [4.78, 5) is 25.7. The maximum absolute atomic E-state index is 13.4. The van der Waals surface area contributed by atoms with E-state index in [1.165, 1.54) is 18.2 Å². The molecule has 0 radical (unpaired) electrons. The Morgan fingerprint density at radius 1 is 0.875 bits per heavy atom. The van der Waals surface area contributed by atoms with Gasteiger partial charge in [0.05, 0.1) is 4.90 Å². The number of nitrogens with one attached hydrogen (secondary N) is 1. The van der Waals surface area contributed by atoms with Gasteiger partial charge in [0.1, 0.15) is 12.2 Å². The first-order chi connectivity index (χ1) is 15.4. The van der Waals surface area contributed by atoms with Crippen LogP contribution in [-0.2, 0) is 21.4 Å². The molecule has 0 atom stereocenters. The summed E-state index contributed by atoms with van der Waals surface area (Å²) in [5.41, 5.74) is 0.600. The molecule has 7 nitrogen and oxygen atoms in total. The van der Waals surface area contributed by atoms with Gasteiger partial charge in [-0.05, 0) is 17.7 Å². The standard InChI is InChI=1S/C24H20N2O5S/c27-21(25-15-17-9-3-1-4-10-17)16-26-22(23(28)18-11-5-2-6-12-18)24(29)19-13-7-8-14-20(19)32(26,30)31/h1-14,28H,15-16H2,(H,25,27)/b23-22+. The molecule has 0 unspecified atom stereocenters. The van der Waals surface area contributed by atoms with Gasteiger partial charge in [-0.25, -0.2) is 12.7 Å². The second kappa shape index (κ2) is 8.68. The Labute approximate surface area is 185 Å². The van der Waals surface area contributed by atoms with Crippen LogP contribution in [0.25, 0.3) is 5.76 Å². The molecule has 1 aliphatic rings. The average Bonchev–Trinajstić information content (AvgIpc) is 2.82. The quantitative estimate of drug-likeness (QED) is 0.461. The molecule has 32 heavy (non-hydrogen) atoms. The Morgan fingerprint density at radius 2 is 1.47 bits per heavy atom. The highest BCUT2D eigenvalue weighted by Crippen LogP contribution is 2.35. The number of carbonyl (C=O) groups excluding carboxylic acids is 2. The van der Waals surface area contributed by atoms with Gasteiger partial charge in [-0.2, -0.15) is 0 Å². The van der Waals surface area contributed by atoms with Crippen LogP contribution in [0.5, 0.6) is 0 Å². The third-order valence-corrected chi connectivity index (χ3v) is 6.86. The summed E-state index contributed by atoms with van der Waals surface area (Å²) in [7, 11) is -4.26. The Kier molecular flexibility index (Phi) is 5.79. The molecule has 3 aromatic rings. The van der Waals surface area contributed by atoms with Crippen LogP contribution in [0.15, 0.2) is 95.5 Å². The number of carbonyl (C=O) groups is 2. The molecule has 2 N–H and O–H groups in total. The lowest BCUT2D eigenvalue weighted by Gasteiger charge is -2.31. The molecule has 0 spiro atoms. The fourth-order valence-corrected chi connectivity index (χ4v) is 5.09. The molecule has 1 aliphatic heterocycles. The highest BCUT2D eigenvalue weighted by Gasteiger charge is 2.42. The van der Waals surface area contributed by atoms with Crippen molar-refractivity contribution in [2.24, 2.45) is 0 Å². The van der Waals surface area contributed by atoms with Gasteiger partial charge in [0, 0.05) is 17.7 Å². The summed E-state index contributed by atoms with van der Waals surface area (Å²) >= 11 is 0. The van der Waals surface area contributed by atoms with Crippen molar-refractivity contribution in [3.8, 4) is 0 Å². The van der Waals surface area contributed by atoms with Gasteiger partial charge in [-0.1, -0.05) is 72.8 Å². The van der Waals surface area contributed by atoms with Crippen molar-refractivity contribution in [3.63, 3.8) is 0 Å². The van der Waals surface area contributed by atoms with Gasteiger partial charge in [-0.3, -0.25) is 9.59 Å². The number of rotatable bonds is 5. The molecule has 0 aliphatic carbocycles. The summed E-state index contributed by atoms with van der Waals surface area (Å²) in [5, 5.41) is 13.5. The van der Waals surface area contributed by atoms with Crippen molar-refractivity contribution < 1.29 is 23.1 Å². The number of hydrogen-bond donors (Lipinski definition) is 2. The number of aliphatic hydroxyl groups is 1. The molecule has 3 aromatic carbocycles. The van der Waals surface area contributed by atoms with Crippen LogP contribution in [0.4, 0.5) is 0 Å². The lowest BCUT2D eigenvalue weighted by molar-refractivity contribution is -0.121. The topological polar surface area (TPSA) is 104 Å². The molecular formula is C24H20N2O5S. The molecule has 8 heteroatoms. The summed E-state index contributed by atoms with van der Waals surface area (Å²) < 4.78 is 27.4. The van der Waals surface area contributed by atoms with E-state index in [2.05, 4.69) is 5.32 Å². The Balaban J connectivity index is 1.74. The molecule has 1 heterocycles. The molecule has 0 bridgehead atoms. The molecule has 0 saturated carbocycles. The van der Waals surface area contributed by atoms with E-state index in [9.17, 15) is 23.1 Å². The summed E-state index contributed by atoms with van der Waals surface area (Å²) in [5.74, 6) is -1.79. The van der Waals surface area contributed by atoms with Gasteiger partial charge in [0.2, 0.25) is 11.7 Å². The third-order valence-electron chi connectivity index (χ3n) is 5.06. The molecule has 0 aromatic heterocycles. The first kappa shape index (κ1) is 21.3. The van der Waals surface area contributed by atoms with Gasteiger partial charge in [0.25, 0.3) is 10.0 Å². The molecule has 0 fully saturated rings. The van der Waals surface area contributed by atoms with Crippen LogP contribution < -0.4 is 5.32 Å². The summed E-state index contributed by atoms with van der Waals surface area (Å²) in [6.45, 7) is -0.455. The monoisotopic (exact) mass is 448 g/mol. The summed E-state index contributed by atoms with van der Waals surface area (Å²) in [6, 6.07) is 23.0. The van der Waals surface area contributed by atoms with E-state index in [1.54, 1.807) is 36.4 Å². The van der Waals surface area contributed by atoms with Crippen LogP contribution in [0.3, 0.4) is 0 Å². The van der Waals surface area contributed by atoms with Gasteiger partial charge in [-0.15, -0.1) is 0 Å². The summed E-state index contributed by atoms with van der Waals surface area (Å²) in [6.07, 6.45) is 0. The first-order valence-corrected chi connectivity index (χ1v) is 11.3. The smallest absolute Gasteiger partial charge is 0.265 e. The zero-order chi connectivity index (χ0) is 22.7. The van der Waals surface area contributed by atoms with Crippen LogP contribution in [0.1, 0.15) is 21.5 Å². The minimum atomic E-state index is -4.26. The maximum Gasteiger partial charge on any atom is 0.265 e. The number of benzene rings is 3. The van der Waals surface area contributed by atoms with Crippen molar-refractivity contribution >= 4 is 27.5 Å². The van der Waals surface area contributed by atoms with Crippen molar-refractivity contribution in [2.45, 2.75) is 11.4 Å². The van der Waals surface area contributed by atoms with Crippen LogP contribution in [-0.4, -0.2) is 36.1 Å². The third kappa shape index (κ3) is 4.00. The SMILES string of the molecule is O=C(CN1/C(=C(/O)c2ccccc2)C(=O)c2ccccc2S1(=O)=O)NCc1ccccc1. The van der Waals surface area contributed by atoms with Gasteiger partial charge < -0.3 is 10.4 Å². The molecule has 1 amide bonds. The Morgan fingerprint density at radius 3 is 2.16 bits per heavy atom. The maximum atomic E-state index is 13.4. The fourth-order valence-electron chi connectivity index (χ4n) is 3.46. The molecule has 0 saturated heterocycles. The van der Waals surface area contributed by atoms with Crippen LogP contribution in [0.2, 0.25) is 0 Å². The minimum absolute atomic E-state index is 0.0501. The van der Waals surface area contributed by atoms with Crippen molar-refractivity contribution in [3.05, 3.63) is 107 Å². The highest BCUT2D eigenvalue weighted by molar-refractivity contribution is 7.89. The van der Waals surface area contributed by atoms with Crippen LogP contribution >= 0.6 is 0 Å². The largest absolute Gasteiger partial charge is 0.505 e. The van der Waals surface area contributed by atoms with E-state index < -0.39 is 39.7 Å². The molecule has 162 valence electrons. The number of fused-ring (bicyclic) bond motifs is 1. The molecule has 4 rings (SSSR count). The van der Waals surface area contributed by atoms with Crippen LogP contribution in [0, 0.1) is 0 Å². The van der Waals surface area contributed by atoms with Crippen molar-refractivity contribution in [1.82, 2.24) is 9.62 Å². The zero-order valence-corrected chi connectivity index (χ0v) is 17.7. The van der Waals surface area contributed by atoms with Crippen molar-refractivity contribution in [1.29, 1.82) is 0 Å². The lowest BCUT2D eigenvalue weighted by Crippen LogP contribution is -2.45. The van der Waals surface area contributed by atoms with E-state index >= 15 is 0 Å². The molecular weight excluding hydrogens is 428 g/mol. The van der Waals surface area contributed by atoms with E-state index in [0.717, 1.165) is 5.56 Å². The number of nitrogens with zero attached hydrogens (tertiary/aromatic N) is 1. The Bertz CT molecular complexity index is 1300. The predicted molar refractivity (Wildman–Crippen MR) is 119 cm³/mol. The zero-order valence-electron chi connectivity index (χ0n) is 16.9. The normalized spacial score (nSPS) is 16.2. The highest BCUT2D eigenvalue weighted by atomic mass is 32.2. The van der Waals surface area contributed by atoms with Gasteiger partial charge in [0.15, 0.2) is 5.76 Å². The van der Waals surface area contributed by atoms with E-state index in [-0.39, 0.29) is 22.6 Å². The first-order valence-electron chi connectivity index (χ1n) is 9.85. The second-order valence-corrected chi connectivity index (χ2v) is 8.99. The van der Waals surface area contributed by atoms with E-state index in [4.69, 9.17) is 0 Å². The second-order valence-electron chi connectivity index (χ2n) is 7.16. The average molecular weight is 449 g/mol. The Hall–Kier alpha value is -3.91. The fraction of sp³-hybridized carbons (Fsp3) is 0.0833. The lowest BCUT2D eigenvalue weighted by atomic mass is 10.0. The van der Waals surface area contributed by atoms with Crippen molar-refractivity contribution in [2.75, 3.05) is 6.54 Å².